The van der Waals surface area contributed by atoms with E-state index in [1.54, 1.807) is 44.7 Å². The number of methoxy groups -OCH3 is 2. The molecule has 0 bridgehead atoms. The minimum Gasteiger partial charge on any atom is -0.497 e. The maximum absolute atomic E-state index is 12.5. The van der Waals surface area contributed by atoms with Gasteiger partial charge in [-0.3, -0.25) is 4.79 Å². The van der Waals surface area contributed by atoms with Gasteiger partial charge in [-0.1, -0.05) is 12.1 Å². The zero-order valence-electron chi connectivity index (χ0n) is 15.4. The molecule has 2 aromatic carbocycles. The molecule has 1 heterocycles. The van der Waals surface area contributed by atoms with Gasteiger partial charge in [-0.2, -0.15) is 0 Å². The monoisotopic (exact) mass is 363 g/mol. The summed E-state index contributed by atoms with van der Waals surface area (Å²) in [6.07, 6.45) is 1.63. The highest BCUT2D eigenvalue weighted by Crippen LogP contribution is 2.29. The highest BCUT2D eigenvalue weighted by Gasteiger charge is 2.12. The molecule has 0 aliphatic heterocycles. The number of aryl methyl sites for hydroxylation is 1. The Hall–Kier alpha value is -3.54. The number of hydrogen-bond acceptors (Lipinski definition) is 5. The minimum absolute atomic E-state index is 0.301. The second kappa shape index (κ2) is 8.23. The number of ether oxygens (including phenoxy) is 2. The summed E-state index contributed by atoms with van der Waals surface area (Å²) in [7, 11) is 3.11. The molecule has 3 rings (SSSR count). The van der Waals surface area contributed by atoms with Gasteiger partial charge in [-0.15, -0.1) is 0 Å². The molecule has 0 atom stereocenters. The number of pyridine rings is 1. The number of rotatable bonds is 6. The molecule has 0 saturated heterocycles. The molecule has 138 valence electrons. The minimum atomic E-state index is -0.330. The standard InChI is InChI=1S/C21H21N3O3/c1-14-5-4-6-15(11-14)23-16-7-9-18(22-13-16)21(25)24-19-12-17(26-2)8-10-20(19)27-3/h4-13,23H,1-3H3,(H,24,25). The zero-order valence-corrected chi connectivity index (χ0v) is 15.4. The second-order valence-electron chi connectivity index (χ2n) is 5.95. The average molecular weight is 363 g/mol. The summed E-state index contributed by atoms with van der Waals surface area (Å²) in [6.45, 7) is 2.03. The molecule has 27 heavy (non-hydrogen) atoms. The van der Waals surface area contributed by atoms with Crippen LogP contribution >= 0.6 is 0 Å². The van der Waals surface area contributed by atoms with E-state index in [1.165, 1.54) is 0 Å². The fourth-order valence-electron chi connectivity index (χ4n) is 2.59. The van der Waals surface area contributed by atoms with Crippen molar-refractivity contribution >= 4 is 23.0 Å². The van der Waals surface area contributed by atoms with Gasteiger partial charge in [-0.05, 0) is 48.9 Å². The van der Waals surface area contributed by atoms with E-state index in [-0.39, 0.29) is 5.91 Å². The van der Waals surface area contributed by atoms with Gasteiger partial charge in [0.25, 0.3) is 5.91 Å². The average Bonchev–Trinajstić information content (AvgIpc) is 2.68. The highest BCUT2D eigenvalue weighted by molar-refractivity contribution is 6.03. The molecule has 3 aromatic rings. The summed E-state index contributed by atoms with van der Waals surface area (Å²) in [4.78, 5) is 16.8. The molecule has 0 aliphatic rings. The largest absolute Gasteiger partial charge is 0.497 e. The Morgan fingerprint density at radius 2 is 1.81 bits per heavy atom. The van der Waals surface area contributed by atoms with Crippen LogP contribution in [0.1, 0.15) is 16.1 Å². The lowest BCUT2D eigenvalue weighted by molar-refractivity contribution is 0.102. The molecule has 0 unspecified atom stereocenters. The summed E-state index contributed by atoms with van der Waals surface area (Å²) in [5, 5.41) is 6.07. The first-order valence-electron chi connectivity index (χ1n) is 8.42. The number of carbonyl (C=O) groups excluding carboxylic acids is 1. The smallest absolute Gasteiger partial charge is 0.274 e. The van der Waals surface area contributed by atoms with E-state index in [9.17, 15) is 4.79 Å². The Morgan fingerprint density at radius 1 is 0.963 bits per heavy atom. The first kappa shape index (κ1) is 18.3. The summed E-state index contributed by atoms with van der Waals surface area (Å²) in [6, 6.07) is 16.7. The lowest BCUT2D eigenvalue weighted by atomic mass is 10.2. The van der Waals surface area contributed by atoms with Gasteiger partial charge in [-0.25, -0.2) is 4.98 Å². The predicted molar refractivity (Wildman–Crippen MR) is 106 cm³/mol. The van der Waals surface area contributed by atoms with Crippen molar-refractivity contribution in [3.8, 4) is 11.5 Å². The Labute approximate surface area is 158 Å². The molecule has 6 nitrogen and oxygen atoms in total. The van der Waals surface area contributed by atoms with Crippen molar-refractivity contribution in [3.05, 3.63) is 72.1 Å². The summed E-state index contributed by atoms with van der Waals surface area (Å²) in [5.74, 6) is 0.835. The number of benzene rings is 2. The number of nitrogens with zero attached hydrogens (tertiary/aromatic N) is 1. The van der Waals surface area contributed by atoms with Gasteiger partial charge in [0.15, 0.2) is 0 Å². The number of anilines is 3. The summed E-state index contributed by atoms with van der Waals surface area (Å²) in [5.41, 5.74) is 3.75. The Morgan fingerprint density at radius 3 is 2.48 bits per heavy atom. The zero-order chi connectivity index (χ0) is 19.2. The summed E-state index contributed by atoms with van der Waals surface area (Å²) >= 11 is 0. The third-order valence-corrected chi connectivity index (χ3v) is 3.96. The molecule has 0 aliphatic carbocycles. The molecule has 0 fully saturated rings. The van der Waals surface area contributed by atoms with Gasteiger partial charge in [0.2, 0.25) is 0 Å². The Bertz CT molecular complexity index is 940. The fourth-order valence-corrected chi connectivity index (χ4v) is 2.59. The number of carbonyl (C=O) groups is 1. The van der Waals surface area contributed by atoms with Gasteiger partial charge in [0.1, 0.15) is 17.2 Å². The van der Waals surface area contributed by atoms with E-state index in [4.69, 9.17) is 9.47 Å². The topological polar surface area (TPSA) is 72.5 Å². The van der Waals surface area contributed by atoms with Gasteiger partial charge in [0.05, 0.1) is 31.8 Å². The van der Waals surface area contributed by atoms with Crippen LogP contribution in [-0.2, 0) is 0 Å². The van der Waals surface area contributed by atoms with Crippen LogP contribution in [0.15, 0.2) is 60.8 Å². The fraction of sp³-hybridized carbons (Fsp3) is 0.143. The quantitative estimate of drug-likeness (QED) is 0.679. The third kappa shape index (κ3) is 4.55. The first-order chi connectivity index (χ1) is 13.1. The highest BCUT2D eigenvalue weighted by atomic mass is 16.5. The number of aromatic nitrogens is 1. The Kier molecular flexibility index (Phi) is 5.56. The maximum atomic E-state index is 12.5. The lowest BCUT2D eigenvalue weighted by Gasteiger charge is -2.12. The summed E-state index contributed by atoms with van der Waals surface area (Å²) < 4.78 is 10.5. The van der Waals surface area contributed by atoms with Crippen molar-refractivity contribution in [2.45, 2.75) is 6.92 Å². The molecule has 1 aromatic heterocycles. The van der Waals surface area contributed by atoms with Crippen LogP contribution < -0.4 is 20.1 Å². The molecule has 6 heteroatoms. The normalized spacial score (nSPS) is 10.2. The van der Waals surface area contributed by atoms with E-state index < -0.39 is 0 Å². The van der Waals surface area contributed by atoms with Crippen molar-refractivity contribution in [2.75, 3.05) is 24.9 Å². The van der Waals surface area contributed by atoms with E-state index in [1.807, 2.05) is 37.3 Å². The third-order valence-electron chi connectivity index (χ3n) is 3.96. The van der Waals surface area contributed by atoms with Crippen LogP contribution in [0, 0.1) is 6.92 Å². The number of hydrogen-bond donors (Lipinski definition) is 2. The lowest BCUT2D eigenvalue weighted by Crippen LogP contribution is -2.14. The number of nitrogens with one attached hydrogen (secondary N) is 2. The molecule has 0 radical (unpaired) electrons. The molecular formula is C21H21N3O3. The van der Waals surface area contributed by atoms with Crippen LogP contribution in [0.2, 0.25) is 0 Å². The van der Waals surface area contributed by atoms with Gasteiger partial charge < -0.3 is 20.1 Å². The molecule has 2 N–H and O–H groups in total. The molecular weight excluding hydrogens is 342 g/mol. The van der Waals surface area contributed by atoms with Crippen LogP contribution in [-0.4, -0.2) is 25.1 Å². The van der Waals surface area contributed by atoms with Crippen molar-refractivity contribution in [1.29, 1.82) is 0 Å². The molecule has 0 spiro atoms. The van der Waals surface area contributed by atoms with Crippen molar-refractivity contribution in [1.82, 2.24) is 4.98 Å². The number of amides is 1. The van der Waals surface area contributed by atoms with E-state index in [2.05, 4.69) is 15.6 Å². The van der Waals surface area contributed by atoms with Gasteiger partial charge in [0, 0.05) is 11.8 Å². The first-order valence-corrected chi connectivity index (χ1v) is 8.42. The van der Waals surface area contributed by atoms with Crippen molar-refractivity contribution in [2.24, 2.45) is 0 Å². The predicted octanol–water partition coefficient (Wildman–Crippen LogP) is 4.40. The van der Waals surface area contributed by atoms with E-state index >= 15 is 0 Å². The van der Waals surface area contributed by atoms with E-state index in [0.29, 0.717) is 22.9 Å². The second-order valence-corrected chi connectivity index (χ2v) is 5.95. The van der Waals surface area contributed by atoms with Crippen LogP contribution in [0.25, 0.3) is 0 Å². The SMILES string of the molecule is COc1ccc(OC)c(NC(=O)c2ccc(Nc3cccc(C)c3)cn2)c1. The Balaban J connectivity index is 1.72. The molecule has 1 amide bonds. The van der Waals surface area contributed by atoms with Crippen LogP contribution in [0.4, 0.5) is 17.1 Å². The van der Waals surface area contributed by atoms with Crippen LogP contribution in [0.3, 0.4) is 0 Å². The van der Waals surface area contributed by atoms with Crippen molar-refractivity contribution < 1.29 is 14.3 Å². The maximum Gasteiger partial charge on any atom is 0.274 e. The van der Waals surface area contributed by atoms with Gasteiger partial charge >= 0.3 is 0 Å². The molecule has 0 saturated carbocycles. The van der Waals surface area contributed by atoms with E-state index in [0.717, 1.165) is 16.9 Å². The van der Waals surface area contributed by atoms with Crippen LogP contribution in [0.5, 0.6) is 11.5 Å². The van der Waals surface area contributed by atoms with Crippen molar-refractivity contribution in [3.63, 3.8) is 0 Å².